The number of ether oxygens (including phenoxy) is 2. The molecule has 2 amide bonds. The van der Waals surface area contributed by atoms with Gasteiger partial charge in [0.15, 0.2) is 0 Å². The summed E-state index contributed by atoms with van der Waals surface area (Å²) in [6.07, 6.45) is 3.48. The summed E-state index contributed by atoms with van der Waals surface area (Å²) in [6, 6.07) is 9.62. The molecule has 6 nitrogen and oxygen atoms in total. The quantitative estimate of drug-likeness (QED) is 0.852. The topological polar surface area (TPSA) is 67.9 Å². The molecule has 1 unspecified atom stereocenters. The van der Waals surface area contributed by atoms with E-state index in [0.29, 0.717) is 32.7 Å². The van der Waals surface area contributed by atoms with Gasteiger partial charge in [0, 0.05) is 25.7 Å². The molecule has 3 rings (SSSR count). The van der Waals surface area contributed by atoms with Gasteiger partial charge in [0.2, 0.25) is 5.91 Å². The molecule has 1 N–H and O–H groups in total. The maximum absolute atomic E-state index is 12.3. The molecule has 1 atom stereocenters. The van der Waals surface area contributed by atoms with E-state index in [4.69, 9.17) is 9.47 Å². The highest BCUT2D eigenvalue weighted by molar-refractivity contribution is 5.81. The van der Waals surface area contributed by atoms with Crippen LogP contribution < -0.4 is 10.1 Å². The van der Waals surface area contributed by atoms with Crippen LogP contribution in [0.4, 0.5) is 0 Å². The molecule has 2 heterocycles. The summed E-state index contributed by atoms with van der Waals surface area (Å²) < 4.78 is 11.0. The van der Waals surface area contributed by atoms with Gasteiger partial charge in [0.25, 0.3) is 5.91 Å². The average molecular weight is 346 g/mol. The van der Waals surface area contributed by atoms with E-state index < -0.39 is 0 Å². The molecule has 2 saturated heterocycles. The van der Waals surface area contributed by atoms with E-state index in [9.17, 15) is 9.59 Å². The number of carbonyl (C=O) groups is 2. The number of hydrogen-bond acceptors (Lipinski definition) is 4. The molecule has 0 spiro atoms. The van der Waals surface area contributed by atoms with Crippen LogP contribution in [0, 0.1) is 0 Å². The number of piperidine rings is 1. The first-order valence-electron chi connectivity index (χ1n) is 9.10. The Morgan fingerprint density at radius 1 is 1.16 bits per heavy atom. The van der Waals surface area contributed by atoms with Crippen molar-refractivity contribution in [3.8, 4) is 5.75 Å². The van der Waals surface area contributed by atoms with Gasteiger partial charge >= 0.3 is 0 Å². The second-order valence-corrected chi connectivity index (χ2v) is 6.58. The van der Waals surface area contributed by atoms with Crippen LogP contribution in [0.25, 0.3) is 0 Å². The van der Waals surface area contributed by atoms with E-state index in [2.05, 4.69) is 5.32 Å². The summed E-state index contributed by atoms with van der Waals surface area (Å²) in [6.45, 7) is 2.43. The first-order chi connectivity index (χ1) is 12.2. The van der Waals surface area contributed by atoms with Crippen molar-refractivity contribution in [2.75, 3.05) is 26.3 Å². The third-order valence-corrected chi connectivity index (χ3v) is 4.72. The molecule has 0 aliphatic carbocycles. The molecule has 0 radical (unpaired) electrons. The van der Waals surface area contributed by atoms with Crippen LogP contribution in [0.5, 0.6) is 5.75 Å². The van der Waals surface area contributed by atoms with Crippen LogP contribution in [0.2, 0.25) is 0 Å². The Morgan fingerprint density at radius 2 is 1.92 bits per heavy atom. The lowest BCUT2D eigenvalue weighted by molar-refractivity contribution is -0.142. The summed E-state index contributed by atoms with van der Waals surface area (Å²) in [4.78, 5) is 26.2. The second-order valence-electron chi connectivity index (χ2n) is 6.58. The summed E-state index contributed by atoms with van der Waals surface area (Å²) in [5, 5.41) is 3.05. The van der Waals surface area contributed by atoms with Gasteiger partial charge in [0.05, 0.1) is 13.0 Å². The third kappa shape index (κ3) is 5.19. The number of likely N-dealkylation sites (tertiary alicyclic amines) is 1. The van der Waals surface area contributed by atoms with E-state index in [1.165, 1.54) is 0 Å². The lowest BCUT2D eigenvalue weighted by Crippen LogP contribution is -2.49. The van der Waals surface area contributed by atoms with Crippen LogP contribution in [-0.2, 0) is 14.3 Å². The summed E-state index contributed by atoms with van der Waals surface area (Å²) >= 11 is 0. The van der Waals surface area contributed by atoms with Gasteiger partial charge in [-0.3, -0.25) is 9.59 Å². The number of nitrogens with one attached hydrogen (secondary N) is 1. The Morgan fingerprint density at radius 3 is 2.60 bits per heavy atom. The number of hydrogen-bond donors (Lipinski definition) is 1. The van der Waals surface area contributed by atoms with E-state index >= 15 is 0 Å². The number of nitrogens with zero attached hydrogens (tertiary/aromatic N) is 1. The standard InChI is InChI=1S/C19H26N2O4/c22-18(10-14-24-16-5-2-1-3-6-16)20-15-8-11-21(12-9-15)19(23)17-7-4-13-25-17/h1-3,5-6,15,17H,4,7-14H2,(H,20,22). The predicted octanol–water partition coefficient (Wildman–Crippen LogP) is 1.74. The van der Waals surface area contributed by atoms with Gasteiger partial charge in [-0.15, -0.1) is 0 Å². The van der Waals surface area contributed by atoms with Crippen LogP contribution in [-0.4, -0.2) is 55.2 Å². The number of carbonyl (C=O) groups excluding carboxylic acids is 2. The van der Waals surface area contributed by atoms with Gasteiger partial charge < -0.3 is 19.7 Å². The van der Waals surface area contributed by atoms with Gasteiger partial charge in [-0.2, -0.15) is 0 Å². The zero-order chi connectivity index (χ0) is 17.5. The van der Waals surface area contributed by atoms with Gasteiger partial charge in [0.1, 0.15) is 11.9 Å². The lowest BCUT2D eigenvalue weighted by atomic mass is 10.0. The first-order valence-corrected chi connectivity index (χ1v) is 9.10. The molecule has 1 aromatic rings. The maximum Gasteiger partial charge on any atom is 0.251 e. The molecule has 6 heteroatoms. The van der Waals surface area contributed by atoms with Crippen LogP contribution in [0.1, 0.15) is 32.1 Å². The minimum absolute atomic E-state index is 0.000154. The molecular formula is C19H26N2O4. The van der Waals surface area contributed by atoms with Crippen LogP contribution in [0.3, 0.4) is 0 Å². The monoisotopic (exact) mass is 346 g/mol. The molecule has 2 aliphatic heterocycles. The molecule has 0 bridgehead atoms. The predicted molar refractivity (Wildman–Crippen MR) is 93.3 cm³/mol. The largest absolute Gasteiger partial charge is 0.493 e. The highest BCUT2D eigenvalue weighted by Gasteiger charge is 2.31. The normalized spacial score (nSPS) is 21.1. The fourth-order valence-corrected chi connectivity index (χ4v) is 3.30. The summed E-state index contributed by atoms with van der Waals surface area (Å²) in [5.41, 5.74) is 0. The highest BCUT2D eigenvalue weighted by Crippen LogP contribution is 2.18. The Kier molecular flexibility index (Phi) is 6.28. The Labute approximate surface area is 148 Å². The highest BCUT2D eigenvalue weighted by atomic mass is 16.5. The maximum atomic E-state index is 12.3. The van der Waals surface area contributed by atoms with Crippen LogP contribution >= 0.6 is 0 Å². The minimum Gasteiger partial charge on any atom is -0.493 e. The van der Waals surface area contributed by atoms with E-state index in [1.807, 2.05) is 35.2 Å². The van der Waals surface area contributed by atoms with Crippen molar-refractivity contribution in [2.24, 2.45) is 0 Å². The van der Waals surface area contributed by atoms with Crippen molar-refractivity contribution in [3.05, 3.63) is 30.3 Å². The minimum atomic E-state index is -0.249. The van der Waals surface area contributed by atoms with Gasteiger partial charge in [-0.25, -0.2) is 0 Å². The number of para-hydroxylation sites is 1. The first kappa shape index (κ1) is 17.7. The van der Waals surface area contributed by atoms with Gasteiger partial charge in [-0.1, -0.05) is 18.2 Å². The zero-order valence-electron chi connectivity index (χ0n) is 14.5. The summed E-state index contributed by atoms with van der Waals surface area (Å²) in [7, 11) is 0. The number of amides is 2. The Balaban J connectivity index is 1.32. The van der Waals surface area contributed by atoms with Crippen molar-refractivity contribution >= 4 is 11.8 Å². The lowest BCUT2D eigenvalue weighted by Gasteiger charge is -2.33. The molecule has 2 aliphatic rings. The third-order valence-electron chi connectivity index (χ3n) is 4.72. The zero-order valence-corrected chi connectivity index (χ0v) is 14.5. The molecule has 1 aromatic carbocycles. The molecule has 0 aromatic heterocycles. The molecule has 2 fully saturated rings. The molecule has 25 heavy (non-hydrogen) atoms. The van der Waals surface area contributed by atoms with E-state index in [1.54, 1.807) is 0 Å². The van der Waals surface area contributed by atoms with Gasteiger partial charge in [-0.05, 0) is 37.8 Å². The molecule has 0 saturated carbocycles. The van der Waals surface area contributed by atoms with Crippen LogP contribution in [0.15, 0.2) is 30.3 Å². The van der Waals surface area contributed by atoms with Crippen molar-refractivity contribution in [3.63, 3.8) is 0 Å². The SMILES string of the molecule is O=C(CCOc1ccccc1)NC1CCN(C(=O)C2CCCO2)CC1. The van der Waals surface area contributed by atoms with Crippen molar-refractivity contribution < 1.29 is 19.1 Å². The summed E-state index contributed by atoms with van der Waals surface area (Å²) in [5.74, 6) is 0.884. The molecule has 136 valence electrons. The van der Waals surface area contributed by atoms with Crippen molar-refractivity contribution in [1.29, 1.82) is 0 Å². The van der Waals surface area contributed by atoms with Crippen molar-refractivity contribution in [1.82, 2.24) is 10.2 Å². The van der Waals surface area contributed by atoms with Crippen molar-refractivity contribution in [2.45, 2.75) is 44.2 Å². The average Bonchev–Trinajstić information content (AvgIpc) is 3.17. The number of benzene rings is 1. The second kappa shape index (κ2) is 8.85. The molecular weight excluding hydrogens is 320 g/mol. The fourth-order valence-electron chi connectivity index (χ4n) is 3.30. The van der Waals surface area contributed by atoms with E-state index in [0.717, 1.165) is 31.4 Å². The van der Waals surface area contributed by atoms with E-state index in [-0.39, 0.29) is 24.0 Å². The fraction of sp³-hybridized carbons (Fsp3) is 0.579. The number of rotatable bonds is 6. The smallest absolute Gasteiger partial charge is 0.251 e. The Hall–Kier alpha value is -2.08. The Bertz CT molecular complexity index is 564.